The maximum atomic E-state index is 12.1. The van der Waals surface area contributed by atoms with Crippen molar-refractivity contribution in [3.8, 4) is 5.75 Å². The van der Waals surface area contributed by atoms with Gasteiger partial charge in [0.05, 0.1) is 6.42 Å². The standard InChI is InChI=1S/C21H26N2O2.ClH/c1-16-6-2-3-8-18(16)15-25-20-10-4-7-17(12-20)13-21(24)23-14-19-9-5-11-22-19;/h2-4,6-8,10,12,19,22H,5,9,11,13-15H2,1H3,(H,23,24);1H. The zero-order valence-electron chi connectivity index (χ0n) is 15.2. The number of hydrogen-bond donors (Lipinski definition) is 2. The molecule has 1 heterocycles. The van der Waals surface area contributed by atoms with Crippen molar-refractivity contribution in [2.24, 2.45) is 0 Å². The minimum atomic E-state index is 0. The smallest absolute Gasteiger partial charge is 0.224 e. The Bertz CT molecular complexity index is 715. The Morgan fingerprint density at radius 2 is 2.08 bits per heavy atom. The molecule has 26 heavy (non-hydrogen) atoms. The van der Waals surface area contributed by atoms with Gasteiger partial charge in [-0.1, -0.05) is 36.4 Å². The maximum absolute atomic E-state index is 12.1. The van der Waals surface area contributed by atoms with Gasteiger partial charge in [0.2, 0.25) is 5.91 Å². The predicted octanol–water partition coefficient (Wildman–Crippen LogP) is 3.41. The van der Waals surface area contributed by atoms with Crippen LogP contribution in [0.1, 0.15) is 29.5 Å². The second kappa shape index (κ2) is 10.2. The van der Waals surface area contributed by atoms with Gasteiger partial charge in [-0.3, -0.25) is 4.79 Å². The van der Waals surface area contributed by atoms with Crippen LogP contribution >= 0.6 is 12.4 Å². The van der Waals surface area contributed by atoms with Crippen LogP contribution < -0.4 is 15.4 Å². The fraction of sp³-hybridized carbons (Fsp3) is 0.381. The van der Waals surface area contributed by atoms with Crippen molar-refractivity contribution >= 4 is 18.3 Å². The van der Waals surface area contributed by atoms with E-state index in [2.05, 4.69) is 29.7 Å². The van der Waals surface area contributed by atoms with E-state index in [-0.39, 0.29) is 18.3 Å². The molecule has 1 amide bonds. The Kier molecular flexibility index (Phi) is 7.95. The van der Waals surface area contributed by atoms with E-state index in [4.69, 9.17) is 4.74 Å². The fourth-order valence-corrected chi connectivity index (χ4v) is 3.09. The fourth-order valence-electron chi connectivity index (χ4n) is 3.09. The van der Waals surface area contributed by atoms with Crippen molar-refractivity contribution in [3.05, 3.63) is 65.2 Å². The summed E-state index contributed by atoms with van der Waals surface area (Å²) in [7, 11) is 0. The average molecular weight is 375 g/mol. The number of aryl methyl sites for hydroxylation is 1. The van der Waals surface area contributed by atoms with E-state index in [0.717, 1.165) is 24.3 Å². The highest BCUT2D eigenvalue weighted by Crippen LogP contribution is 2.17. The van der Waals surface area contributed by atoms with Crippen molar-refractivity contribution in [2.75, 3.05) is 13.1 Å². The van der Waals surface area contributed by atoms with Crippen LogP contribution in [0.3, 0.4) is 0 Å². The molecule has 0 aromatic heterocycles. The van der Waals surface area contributed by atoms with E-state index in [9.17, 15) is 4.79 Å². The summed E-state index contributed by atoms with van der Waals surface area (Å²) in [6, 6.07) is 16.4. The lowest BCUT2D eigenvalue weighted by molar-refractivity contribution is -0.120. The molecule has 2 aromatic rings. The third-order valence-corrected chi connectivity index (χ3v) is 4.63. The first-order chi connectivity index (χ1) is 12.2. The van der Waals surface area contributed by atoms with Gasteiger partial charge in [0.1, 0.15) is 12.4 Å². The van der Waals surface area contributed by atoms with E-state index in [1.807, 2.05) is 36.4 Å². The summed E-state index contributed by atoms with van der Waals surface area (Å²) in [6.07, 6.45) is 2.72. The first kappa shape index (κ1) is 20.3. The summed E-state index contributed by atoms with van der Waals surface area (Å²) in [5.41, 5.74) is 3.37. The third-order valence-electron chi connectivity index (χ3n) is 4.63. The second-order valence-corrected chi connectivity index (χ2v) is 6.64. The van der Waals surface area contributed by atoms with Crippen molar-refractivity contribution in [1.29, 1.82) is 0 Å². The van der Waals surface area contributed by atoms with Crippen LogP contribution in [-0.4, -0.2) is 25.0 Å². The minimum Gasteiger partial charge on any atom is -0.489 e. The topological polar surface area (TPSA) is 50.4 Å². The molecule has 1 aliphatic heterocycles. The Morgan fingerprint density at radius 1 is 1.23 bits per heavy atom. The molecule has 0 saturated carbocycles. The van der Waals surface area contributed by atoms with Crippen LogP contribution in [0.5, 0.6) is 5.75 Å². The predicted molar refractivity (Wildman–Crippen MR) is 107 cm³/mol. The Morgan fingerprint density at radius 3 is 2.85 bits per heavy atom. The number of carbonyl (C=O) groups is 1. The number of amides is 1. The monoisotopic (exact) mass is 374 g/mol. The van der Waals surface area contributed by atoms with Crippen molar-refractivity contribution < 1.29 is 9.53 Å². The lowest BCUT2D eigenvalue weighted by Crippen LogP contribution is -2.37. The molecule has 0 spiro atoms. The quantitative estimate of drug-likeness (QED) is 0.780. The SMILES string of the molecule is Cc1ccccc1COc1cccc(CC(=O)NCC2CCCN2)c1.Cl. The van der Waals surface area contributed by atoms with Gasteiger partial charge >= 0.3 is 0 Å². The summed E-state index contributed by atoms with van der Waals surface area (Å²) < 4.78 is 5.89. The molecule has 1 atom stereocenters. The van der Waals surface area contributed by atoms with Crippen molar-refractivity contribution in [1.82, 2.24) is 10.6 Å². The van der Waals surface area contributed by atoms with Crippen molar-refractivity contribution in [2.45, 2.75) is 38.8 Å². The molecular weight excluding hydrogens is 348 g/mol. The number of benzene rings is 2. The van der Waals surface area contributed by atoms with E-state index < -0.39 is 0 Å². The molecule has 1 aliphatic rings. The molecule has 0 aliphatic carbocycles. The molecule has 2 N–H and O–H groups in total. The largest absolute Gasteiger partial charge is 0.489 e. The third kappa shape index (κ3) is 6.04. The Labute approximate surface area is 161 Å². The van der Waals surface area contributed by atoms with Gasteiger partial charge in [-0.05, 0) is 55.1 Å². The zero-order valence-corrected chi connectivity index (χ0v) is 16.0. The minimum absolute atomic E-state index is 0. The number of nitrogens with one attached hydrogen (secondary N) is 2. The lowest BCUT2D eigenvalue weighted by atomic mass is 10.1. The van der Waals surface area contributed by atoms with Gasteiger partial charge in [0.15, 0.2) is 0 Å². The van der Waals surface area contributed by atoms with Gasteiger partial charge < -0.3 is 15.4 Å². The molecule has 0 bridgehead atoms. The number of ether oxygens (including phenoxy) is 1. The molecule has 1 saturated heterocycles. The highest BCUT2D eigenvalue weighted by atomic mass is 35.5. The summed E-state index contributed by atoms with van der Waals surface area (Å²) in [6.45, 7) is 4.39. The number of rotatable bonds is 7. The number of halogens is 1. The Hall–Kier alpha value is -2.04. The van der Waals surface area contributed by atoms with Crippen LogP contribution in [0, 0.1) is 6.92 Å². The van der Waals surface area contributed by atoms with Crippen molar-refractivity contribution in [3.63, 3.8) is 0 Å². The first-order valence-electron chi connectivity index (χ1n) is 8.97. The van der Waals surface area contributed by atoms with Gasteiger partial charge in [-0.2, -0.15) is 0 Å². The van der Waals surface area contributed by atoms with Crippen LogP contribution in [0.25, 0.3) is 0 Å². The molecule has 3 rings (SSSR count). The average Bonchev–Trinajstić information content (AvgIpc) is 3.13. The summed E-state index contributed by atoms with van der Waals surface area (Å²) in [5, 5.41) is 6.40. The molecule has 140 valence electrons. The molecule has 1 unspecified atom stereocenters. The lowest BCUT2D eigenvalue weighted by Gasteiger charge is -2.12. The van der Waals surface area contributed by atoms with Crippen LogP contribution in [0.15, 0.2) is 48.5 Å². The molecular formula is C21H27ClN2O2. The Balaban J connectivity index is 0.00000243. The molecule has 1 fully saturated rings. The molecule has 2 aromatic carbocycles. The highest BCUT2D eigenvalue weighted by Gasteiger charge is 2.14. The van der Waals surface area contributed by atoms with Gasteiger partial charge in [0, 0.05) is 12.6 Å². The van der Waals surface area contributed by atoms with Gasteiger partial charge in [0.25, 0.3) is 0 Å². The number of carbonyl (C=O) groups excluding carboxylic acids is 1. The summed E-state index contributed by atoms with van der Waals surface area (Å²) in [4.78, 5) is 12.1. The van der Waals surface area contributed by atoms with Gasteiger partial charge in [-0.15, -0.1) is 12.4 Å². The van der Waals surface area contributed by atoms with E-state index in [1.165, 1.54) is 17.5 Å². The van der Waals surface area contributed by atoms with Gasteiger partial charge in [-0.25, -0.2) is 0 Å². The van der Waals surface area contributed by atoms with E-state index >= 15 is 0 Å². The van der Waals surface area contributed by atoms with E-state index in [1.54, 1.807) is 0 Å². The van der Waals surface area contributed by atoms with E-state index in [0.29, 0.717) is 25.6 Å². The maximum Gasteiger partial charge on any atom is 0.224 e. The second-order valence-electron chi connectivity index (χ2n) is 6.64. The zero-order chi connectivity index (χ0) is 17.5. The molecule has 4 nitrogen and oxygen atoms in total. The van der Waals surface area contributed by atoms with Crippen LogP contribution in [-0.2, 0) is 17.8 Å². The van der Waals surface area contributed by atoms with Crippen LogP contribution in [0.4, 0.5) is 0 Å². The number of hydrogen-bond acceptors (Lipinski definition) is 3. The highest BCUT2D eigenvalue weighted by molar-refractivity contribution is 5.85. The molecule has 5 heteroatoms. The first-order valence-corrected chi connectivity index (χ1v) is 8.97. The van der Waals surface area contributed by atoms with Crippen LogP contribution in [0.2, 0.25) is 0 Å². The molecule has 0 radical (unpaired) electrons. The normalized spacial score (nSPS) is 16.0. The summed E-state index contributed by atoms with van der Waals surface area (Å²) in [5.74, 6) is 0.857. The summed E-state index contributed by atoms with van der Waals surface area (Å²) >= 11 is 0.